The van der Waals surface area contributed by atoms with Crippen LogP contribution in [-0.2, 0) is 17.8 Å². The molecule has 0 saturated heterocycles. The second-order valence-corrected chi connectivity index (χ2v) is 3.63. The van der Waals surface area contributed by atoms with E-state index in [4.69, 9.17) is 10.5 Å². The van der Waals surface area contributed by atoms with Crippen LogP contribution in [0.4, 0.5) is 0 Å². The van der Waals surface area contributed by atoms with Gasteiger partial charge in [-0.05, 0) is 24.0 Å². The molecule has 0 bridgehead atoms. The molecule has 0 amide bonds. The summed E-state index contributed by atoms with van der Waals surface area (Å²) in [6, 6.07) is 8.69. The normalized spacial score (nSPS) is 12.8. The molecule has 0 spiro atoms. The van der Waals surface area contributed by atoms with E-state index in [0.29, 0.717) is 6.61 Å². The smallest absolute Gasteiger partial charge is 0.0713 e. The lowest BCUT2D eigenvalue weighted by atomic mass is 10.0. The molecule has 1 atom stereocenters. The highest BCUT2D eigenvalue weighted by molar-refractivity contribution is 5.23. The molecule has 78 valence electrons. The first-order chi connectivity index (χ1) is 6.76. The maximum atomic E-state index is 5.90. The van der Waals surface area contributed by atoms with E-state index in [9.17, 15) is 0 Å². The molecule has 1 unspecified atom stereocenters. The molecule has 0 aromatic heterocycles. The minimum atomic E-state index is 0.271. The van der Waals surface area contributed by atoms with E-state index in [1.807, 2.05) is 0 Å². The van der Waals surface area contributed by atoms with Crippen molar-refractivity contribution in [2.45, 2.75) is 32.4 Å². The van der Waals surface area contributed by atoms with Gasteiger partial charge in [-0.3, -0.25) is 0 Å². The number of methoxy groups -OCH3 is 1. The van der Waals surface area contributed by atoms with E-state index < -0.39 is 0 Å². The maximum absolute atomic E-state index is 5.90. The van der Waals surface area contributed by atoms with Crippen LogP contribution in [0.1, 0.15) is 24.5 Å². The van der Waals surface area contributed by atoms with Crippen LogP contribution in [0, 0.1) is 0 Å². The van der Waals surface area contributed by atoms with Gasteiger partial charge in [-0.2, -0.15) is 0 Å². The van der Waals surface area contributed by atoms with E-state index in [-0.39, 0.29) is 6.04 Å². The lowest BCUT2D eigenvalue weighted by Crippen LogP contribution is -2.21. The number of rotatable bonds is 5. The van der Waals surface area contributed by atoms with Crippen molar-refractivity contribution in [2.24, 2.45) is 5.73 Å². The summed E-state index contributed by atoms with van der Waals surface area (Å²) in [4.78, 5) is 0. The molecular formula is C12H19NO. The van der Waals surface area contributed by atoms with Crippen LogP contribution in [0.2, 0.25) is 0 Å². The van der Waals surface area contributed by atoms with Crippen LogP contribution in [0.25, 0.3) is 0 Å². The minimum Gasteiger partial charge on any atom is -0.380 e. The zero-order valence-corrected chi connectivity index (χ0v) is 8.99. The van der Waals surface area contributed by atoms with Crippen molar-refractivity contribution in [3.8, 4) is 0 Å². The van der Waals surface area contributed by atoms with Gasteiger partial charge in [0, 0.05) is 13.2 Å². The van der Waals surface area contributed by atoms with Crippen molar-refractivity contribution in [1.29, 1.82) is 0 Å². The first kappa shape index (κ1) is 11.2. The van der Waals surface area contributed by atoms with E-state index >= 15 is 0 Å². The molecule has 2 heteroatoms. The van der Waals surface area contributed by atoms with Crippen LogP contribution < -0.4 is 5.73 Å². The number of hydrogen-bond acceptors (Lipinski definition) is 2. The third-order valence-corrected chi connectivity index (χ3v) is 2.32. The zero-order valence-electron chi connectivity index (χ0n) is 8.99. The van der Waals surface area contributed by atoms with E-state index in [2.05, 4.69) is 31.2 Å². The van der Waals surface area contributed by atoms with Gasteiger partial charge in [0.25, 0.3) is 0 Å². The van der Waals surface area contributed by atoms with Crippen LogP contribution in [0.3, 0.4) is 0 Å². The van der Waals surface area contributed by atoms with Gasteiger partial charge in [-0.1, -0.05) is 31.2 Å². The Morgan fingerprint density at radius 1 is 1.36 bits per heavy atom. The molecular weight excluding hydrogens is 174 g/mol. The summed E-state index contributed by atoms with van der Waals surface area (Å²) in [6.45, 7) is 2.79. The Bertz CT molecular complexity index is 273. The molecule has 0 aliphatic carbocycles. The maximum Gasteiger partial charge on any atom is 0.0713 e. The molecule has 0 saturated carbocycles. The largest absolute Gasteiger partial charge is 0.380 e. The fourth-order valence-corrected chi connectivity index (χ4v) is 1.46. The third kappa shape index (κ3) is 3.48. The summed E-state index contributed by atoms with van der Waals surface area (Å²) in [7, 11) is 1.71. The zero-order chi connectivity index (χ0) is 10.4. The average Bonchev–Trinajstić information content (AvgIpc) is 2.19. The molecule has 1 aromatic carbocycles. The average molecular weight is 193 g/mol. The van der Waals surface area contributed by atoms with Gasteiger partial charge in [0.2, 0.25) is 0 Å². The summed E-state index contributed by atoms with van der Waals surface area (Å²) in [6.07, 6.45) is 1.97. The van der Waals surface area contributed by atoms with Crippen molar-refractivity contribution in [2.75, 3.05) is 7.11 Å². The standard InChI is InChI=1S/C12H19NO/c1-3-12(13)8-10-5-4-6-11(7-10)9-14-2/h4-7,12H,3,8-9,13H2,1-2H3. The fraction of sp³-hybridized carbons (Fsp3) is 0.500. The Morgan fingerprint density at radius 3 is 2.71 bits per heavy atom. The minimum absolute atomic E-state index is 0.271. The topological polar surface area (TPSA) is 35.2 Å². The van der Waals surface area contributed by atoms with E-state index in [1.165, 1.54) is 11.1 Å². The number of ether oxygens (including phenoxy) is 1. The van der Waals surface area contributed by atoms with Crippen molar-refractivity contribution in [3.63, 3.8) is 0 Å². The summed E-state index contributed by atoms with van der Waals surface area (Å²) in [5.41, 5.74) is 8.41. The summed E-state index contributed by atoms with van der Waals surface area (Å²) in [5.74, 6) is 0. The van der Waals surface area contributed by atoms with Gasteiger partial charge in [0.15, 0.2) is 0 Å². The van der Waals surface area contributed by atoms with Gasteiger partial charge in [-0.15, -0.1) is 0 Å². The SMILES string of the molecule is CCC(N)Cc1cccc(COC)c1. The first-order valence-electron chi connectivity index (χ1n) is 5.08. The molecule has 0 heterocycles. The van der Waals surface area contributed by atoms with Crippen molar-refractivity contribution in [3.05, 3.63) is 35.4 Å². The van der Waals surface area contributed by atoms with E-state index in [0.717, 1.165) is 12.8 Å². The first-order valence-corrected chi connectivity index (χ1v) is 5.08. The number of nitrogens with two attached hydrogens (primary N) is 1. The van der Waals surface area contributed by atoms with E-state index in [1.54, 1.807) is 7.11 Å². The molecule has 0 aliphatic heterocycles. The van der Waals surface area contributed by atoms with Gasteiger partial charge in [0.05, 0.1) is 6.61 Å². The molecule has 1 rings (SSSR count). The summed E-state index contributed by atoms with van der Waals surface area (Å²) in [5, 5.41) is 0. The van der Waals surface area contributed by atoms with Gasteiger partial charge in [-0.25, -0.2) is 0 Å². The molecule has 0 aliphatic rings. The molecule has 0 radical (unpaired) electrons. The highest BCUT2D eigenvalue weighted by atomic mass is 16.5. The highest BCUT2D eigenvalue weighted by Crippen LogP contribution is 2.09. The van der Waals surface area contributed by atoms with Crippen LogP contribution in [0.15, 0.2) is 24.3 Å². The fourth-order valence-electron chi connectivity index (χ4n) is 1.46. The predicted octanol–water partition coefficient (Wildman–Crippen LogP) is 2.11. The Morgan fingerprint density at radius 2 is 2.07 bits per heavy atom. The van der Waals surface area contributed by atoms with Gasteiger partial charge < -0.3 is 10.5 Å². The Balaban J connectivity index is 2.63. The Labute approximate surface area is 86.1 Å². The van der Waals surface area contributed by atoms with Gasteiger partial charge >= 0.3 is 0 Å². The quantitative estimate of drug-likeness (QED) is 0.777. The van der Waals surface area contributed by atoms with Crippen molar-refractivity contribution >= 4 is 0 Å². The van der Waals surface area contributed by atoms with Gasteiger partial charge in [0.1, 0.15) is 0 Å². The van der Waals surface area contributed by atoms with Crippen LogP contribution >= 0.6 is 0 Å². The summed E-state index contributed by atoms with van der Waals surface area (Å²) >= 11 is 0. The molecule has 0 fully saturated rings. The predicted molar refractivity (Wildman–Crippen MR) is 59.1 cm³/mol. The number of hydrogen-bond donors (Lipinski definition) is 1. The van der Waals surface area contributed by atoms with Crippen molar-refractivity contribution in [1.82, 2.24) is 0 Å². The lowest BCUT2D eigenvalue weighted by Gasteiger charge is -2.09. The van der Waals surface area contributed by atoms with Crippen molar-refractivity contribution < 1.29 is 4.74 Å². The molecule has 14 heavy (non-hydrogen) atoms. The number of benzene rings is 1. The summed E-state index contributed by atoms with van der Waals surface area (Å²) < 4.78 is 5.08. The lowest BCUT2D eigenvalue weighted by molar-refractivity contribution is 0.185. The van der Waals surface area contributed by atoms with Crippen LogP contribution in [0.5, 0.6) is 0 Å². The molecule has 2 nitrogen and oxygen atoms in total. The Kier molecular flexibility index (Phi) is 4.63. The third-order valence-electron chi connectivity index (χ3n) is 2.32. The molecule has 2 N–H and O–H groups in total. The van der Waals surface area contributed by atoms with Crippen LogP contribution in [-0.4, -0.2) is 13.2 Å². The molecule has 1 aromatic rings. The highest BCUT2D eigenvalue weighted by Gasteiger charge is 2.01. The Hall–Kier alpha value is -0.860. The second-order valence-electron chi connectivity index (χ2n) is 3.63. The second kappa shape index (κ2) is 5.78. The monoisotopic (exact) mass is 193 g/mol.